The smallest absolute Gasteiger partial charge is 0.337 e. The van der Waals surface area contributed by atoms with Gasteiger partial charge in [0.25, 0.3) is 21.5 Å². The Morgan fingerprint density at radius 3 is 2.31 bits per heavy atom. The molecule has 18 heteroatoms. The molecule has 1 fully saturated rings. The Balaban J connectivity index is 1.21. The molecular formula is C40H41F2N7O8S. The summed E-state index contributed by atoms with van der Waals surface area (Å²) in [7, 11) is -2.97. The average molecular weight is 818 g/mol. The fourth-order valence-electron chi connectivity index (χ4n) is 6.30. The van der Waals surface area contributed by atoms with Gasteiger partial charge in [-0.1, -0.05) is 33.3 Å². The van der Waals surface area contributed by atoms with Gasteiger partial charge in [0, 0.05) is 43.0 Å². The number of ether oxygens (including phenoxy) is 1. The van der Waals surface area contributed by atoms with Crippen LogP contribution in [-0.2, 0) is 37.8 Å². The molecule has 0 radical (unpaired) electrons. The number of hydrogen-bond donors (Lipinski definition) is 3. The second-order valence-corrected chi connectivity index (χ2v) is 16.7. The van der Waals surface area contributed by atoms with E-state index in [1.165, 1.54) is 72.7 Å². The van der Waals surface area contributed by atoms with Crippen molar-refractivity contribution in [1.29, 1.82) is 0 Å². The standard InChI is InChI=1S/C40H41F2N7O8S/c1-40(2,3)38(53)45-24-11-13-26(14-12-24)58(55,56)47-31-20-29(41)28(19-30(31)42)35(50)46-32(37(52)57-25-8-6-5-7-9-25)18-23-10-15-34(44-21-23)49-36(51)27-16-17-43-22-33(27)48(4)39(49)54/h10-17,19-22,25,32,47H,5-9,18H2,1-4H3,(H,45,53)(H,46,50)/t32-/m0/s1. The summed E-state index contributed by atoms with van der Waals surface area (Å²) < 4.78 is 66.9. The molecule has 304 valence electrons. The van der Waals surface area contributed by atoms with Crippen LogP contribution in [0.2, 0.25) is 0 Å². The summed E-state index contributed by atoms with van der Waals surface area (Å²) in [6, 6.07) is 9.00. The van der Waals surface area contributed by atoms with E-state index < -0.39 is 73.6 Å². The van der Waals surface area contributed by atoms with E-state index in [1.54, 1.807) is 20.8 Å². The number of pyridine rings is 2. The van der Waals surface area contributed by atoms with Gasteiger partial charge < -0.3 is 15.4 Å². The van der Waals surface area contributed by atoms with Crippen LogP contribution in [-0.4, -0.2) is 57.4 Å². The highest BCUT2D eigenvalue weighted by Gasteiger charge is 2.29. The van der Waals surface area contributed by atoms with Gasteiger partial charge in [0.15, 0.2) is 0 Å². The van der Waals surface area contributed by atoms with Crippen molar-refractivity contribution >= 4 is 50.1 Å². The molecule has 0 aliphatic heterocycles. The van der Waals surface area contributed by atoms with E-state index in [-0.39, 0.29) is 28.4 Å². The first-order valence-corrected chi connectivity index (χ1v) is 19.9. The Hall–Kier alpha value is -6.30. The molecule has 3 heterocycles. The number of carbonyl (C=O) groups is 3. The predicted octanol–water partition coefficient (Wildman–Crippen LogP) is 4.76. The first kappa shape index (κ1) is 41.3. The monoisotopic (exact) mass is 817 g/mol. The van der Waals surface area contributed by atoms with Crippen LogP contribution in [0.5, 0.6) is 0 Å². The number of aromatic nitrogens is 4. The lowest BCUT2D eigenvalue weighted by Gasteiger charge is -2.25. The molecule has 3 N–H and O–H groups in total. The molecule has 15 nitrogen and oxygen atoms in total. The zero-order valence-corrected chi connectivity index (χ0v) is 32.9. The maximum Gasteiger partial charge on any atom is 0.337 e. The van der Waals surface area contributed by atoms with E-state index in [2.05, 4.69) is 20.6 Å². The number of anilines is 2. The molecule has 1 aliphatic rings. The zero-order chi connectivity index (χ0) is 41.9. The normalized spacial score (nSPS) is 14.1. The van der Waals surface area contributed by atoms with Crippen molar-refractivity contribution in [2.24, 2.45) is 12.5 Å². The number of halogens is 2. The molecule has 6 rings (SSSR count). The number of nitrogens with zero attached hydrogens (tertiary/aromatic N) is 4. The molecule has 2 aromatic carbocycles. The molecule has 58 heavy (non-hydrogen) atoms. The van der Waals surface area contributed by atoms with Crippen molar-refractivity contribution in [3.8, 4) is 5.82 Å². The average Bonchev–Trinajstić information content (AvgIpc) is 3.18. The van der Waals surface area contributed by atoms with Crippen LogP contribution in [0.1, 0.15) is 68.8 Å². The maximum absolute atomic E-state index is 15.5. The molecule has 1 atom stereocenters. The molecule has 5 aromatic rings. The van der Waals surface area contributed by atoms with E-state index >= 15 is 8.78 Å². The Bertz CT molecular complexity index is 2620. The van der Waals surface area contributed by atoms with E-state index in [1.807, 2.05) is 4.72 Å². The number of sulfonamides is 1. The lowest BCUT2D eigenvalue weighted by Crippen LogP contribution is -2.45. The van der Waals surface area contributed by atoms with Crippen LogP contribution in [0.15, 0.2) is 87.7 Å². The number of aryl methyl sites for hydroxylation is 1. The minimum Gasteiger partial charge on any atom is -0.461 e. The summed E-state index contributed by atoms with van der Waals surface area (Å²) in [5.74, 6) is -4.89. The fourth-order valence-corrected chi connectivity index (χ4v) is 7.36. The third-order valence-corrected chi connectivity index (χ3v) is 11.0. The SMILES string of the molecule is Cn1c(=O)n(-c2ccc(C[C@H](NC(=O)c3cc(F)c(NS(=O)(=O)c4ccc(NC(=O)C(C)(C)C)cc4)cc3F)C(=O)OC3CCCCC3)cn2)c(=O)c2ccncc21. The molecule has 3 aromatic heterocycles. The van der Waals surface area contributed by atoms with E-state index in [0.29, 0.717) is 41.7 Å². The van der Waals surface area contributed by atoms with Crippen molar-refractivity contribution in [1.82, 2.24) is 24.4 Å². The minimum absolute atomic E-state index is 0.00620. The Morgan fingerprint density at radius 2 is 1.66 bits per heavy atom. The zero-order valence-electron chi connectivity index (χ0n) is 32.0. The van der Waals surface area contributed by atoms with E-state index in [9.17, 15) is 32.4 Å². The molecule has 0 unspecified atom stereocenters. The van der Waals surface area contributed by atoms with Gasteiger partial charge in [0.2, 0.25) is 5.91 Å². The molecule has 1 saturated carbocycles. The van der Waals surface area contributed by atoms with Gasteiger partial charge in [0.05, 0.1) is 33.2 Å². The molecule has 1 aliphatic carbocycles. The lowest BCUT2D eigenvalue weighted by atomic mass is 9.95. The van der Waals surface area contributed by atoms with Gasteiger partial charge in [-0.25, -0.2) is 36.3 Å². The van der Waals surface area contributed by atoms with Gasteiger partial charge in [-0.05, 0) is 73.7 Å². The fraction of sp³-hybridized carbons (Fsp3) is 0.325. The van der Waals surface area contributed by atoms with Crippen molar-refractivity contribution in [3.63, 3.8) is 0 Å². The topological polar surface area (TPSA) is 200 Å². The molecule has 0 saturated heterocycles. The number of carbonyl (C=O) groups excluding carboxylic acids is 3. The number of hydrogen-bond acceptors (Lipinski definition) is 10. The first-order valence-electron chi connectivity index (χ1n) is 18.4. The van der Waals surface area contributed by atoms with Gasteiger partial charge in [0.1, 0.15) is 29.6 Å². The summed E-state index contributed by atoms with van der Waals surface area (Å²) in [5, 5.41) is 5.32. The quantitative estimate of drug-likeness (QED) is 0.156. The lowest BCUT2D eigenvalue weighted by molar-refractivity contribution is -0.152. The van der Waals surface area contributed by atoms with E-state index in [4.69, 9.17) is 4.74 Å². The molecule has 2 amide bonds. The van der Waals surface area contributed by atoms with Crippen molar-refractivity contribution in [3.05, 3.63) is 117 Å². The summed E-state index contributed by atoms with van der Waals surface area (Å²) in [6.07, 6.45) is 7.38. The third-order valence-electron chi connectivity index (χ3n) is 9.63. The molecular weight excluding hydrogens is 777 g/mol. The van der Waals surface area contributed by atoms with Crippen LogP contribution in [0.3, 0.4) is 0 Å². The van der Waals surface area contributed by atoms with Gasteiger partial charge >= 0.3 is 11.7 Å². The largest absolute Gasteiger partial charge is 0.461 e. The molecule has 0 spiro atoms. The molecule has 0 bridgehead atoms. The van der Waals surface area contributed by atoms with Gasteiger partial charge in [-0.15, -0.1) is 0 Å². The van der Waals surface area contributed by atoms with Crippen molar-refractivity contribution in [2.75, 3.05) is 10.0 Å². The van der Waals surface area contributed by atoms with Crippen LogP contribution >= 0.6 is 0 Å². The van der Waals surface area contributed by atoms with Crippen molar-refractivity contribution in [2.45, 2.75) is 76.3 Å². The Morgan fingerprint density at radius 1 is 0.948 bits per heavy atom. The number of fused-ring (bicyclic) bond motifs is 1. The Kier molecular flexibility index (Phi) is 11.9. The second kappa shape index (κ2) is 16.7. The van der Waals surface area contributed by atoms with Crippen LogP contribution in [0.25, 0.3) is 16.7 Å². The summed E-state index contributed by atoms with van der Waals surface area (Å²) in [4.78, 5) is 73.6. The predicted molar refractivity (Wildman–Crippen MR) is 210 cm³/mol. The third kappa shape index (κ3) is 9.12. The highest BCUT2D eigenvalue weighted by Crippen LogP contribution is 2.26. The van der Waals surface area contributed by atoms with Gasteiger partial charge in [-0.2, -0.15) is 0 Å². The van der Waals surface area contributed by atoms with Crippen molar-refractivity contribution < 1.29 is 36.3 Å². The Labute approximate surface area is 331 Å². The number of amides is 2. The minimum atomic E-state index is -4.45. The number of benzene rings is 2. The van der Waals surface area contributed by atoms with Crippen LogP contribution < -0.4 is 26.6 Å². The van der Waals surface area contributed by atoms with Crippen LogP contribution in [0.4, 0.5) is 20.2 Å². The van der Waals surface area contributed by atoms with Crippen LogP contribution in [0, 0.1) is 17.0 Å². The second-order valence-electron chi connectivity index (χ2n) is 15.0. The summed E-state index contributed by atoms with van der Waals surface area (Å²) >= 11 is 0. The number of nitrogens with one attached hydrogen (secondary N) is 3. The maximum atomic E-state index is 15.5. The first-order chi connectivity index (χ1) is 27.4. The highest BCUT2D eigenvalue weighted by atomic mass is 32.2. The summed E-state index contributed by atoms with van der Waals surface area (Å²) in [6.45, 7) is 5.13. The number of esters is 1. The highest BCUT2D eigenvalue weighted by molar-refractivity contribution is 7.92. The van der Waals surface area contributed by atoms with E-state index in [0.717, 1.165) is 23.8 Å². The van der Waals surface area contributed by atoms with Gasteiger partial charge in [-0.3, -0.25) is 28.7 Å². The summed E-state index contributed by atoms with van der Waals surface area (Å²) in [5.41, 5.74) is -2.57. The number of rotatable bonds is 11.